The number of carbonyl (C=O) groups excluding carboxylic acids is 2. The van der Waals surface area contributed by atoms with Gasteiger partial charge in [-0.15, -0.1) is 0 Å². The number of amides is 2. The lowest BCUT2D eigenvalue weighted by atomic mass is 10.0. The summed E-state index contributed by atoms with van der Waals surface area (Å²) in [5.74, 6) is 1.07. The molecule has 2 heterocycles. The molecule has 0 spiro atoms. The summed E-state index contributed by atoms with van der Waals surface area (Å²) in [6, 6.07) is 11.2. The van der Waals surface area contributed by atoms with E-state index in [-0.39, 0.29) is 24.0 Å². The van der Waals surface area contributed by atoms with Crippen LogP contribution in [0.5, 0.6) is 5.75 Å². The summed E-state index contributed by atoms with van der Waals surface area (Å²) in [4.78, 5) is 26.5. The largest absolute Gasteiger partial charge is 0.486 e. The molecule has 0 aliphatic heterocycles. The van der Waals surface area contributed by atoms with Crippen LogP contribution in [0.15, 0.2) is 40.8 Å². The van der Waals surface area contributed by atoms with Gasteiger partial charge in [0.1, 0.15) is 18.1 Å². The Morgan fingerprint density at radius 2 is 1.84 bits per heavy atom. The SMILES string of the molecule is Cc1c(NC(=O)c2ccc(COc3ccc(C(C)C)cc3)o2)c(C(=O)N(C)C)nn1C. The molecule has 3 aromatic rings. The molecule has 164 valence electrons. The number of hydrogen-bond acceptors (Lipinski definition) is 5. The Bertz CT molecular complexity index is 1080. The third-order valence-corrected chi connectivity index (χ3v) is 4.99. The van der Waals surface area contributed by atoms with E-state index in [9.17, 15) is 9.59 Å². The molecule has 0 radical (unpaired) electrons. The molecule has 31 heavy (non-hydrogen) atoms. The molecule has 2 amide bonds. The van der Waals surface area contributed by atoms with Crippen LogP contribution in [0.4, 0.5) is 5.69 Å². The van der Waals surface area contributed by atoms with E-state index in [1.54, 1.807) is 44.9 Å². The minimum absolute atomic E-state index is 0.125. The smallest absolute Gasteiger partial charge is 0.291 e. The molecule has 3 rings (SSSR count). The number of nitrogens with one attached hydrogen (secondary N) is 1. The van der Waals surface area contributed by atoms with Gasteiger partial charge in [-0.2, -0.15) is 5.10 Å². The summed E-state index contributed by atoms with van der Waals surface area (Å²) in [6.07, 6.45) is 0. The van der Waals surface area contributed by atoms with Crippen molar-refractivity contribution in [3.8, 4) is 5.75 Å². The summed E-state index contributed by atoms with van der Waals surface area (Å²) in [5, 5.41) is 6.97. The number of rotatable bonds is 7. The van der Waals surface area contributed by atoms with Gasteiger partial charge in [0.05, 0.1) is 11.4 Å². The topological polar surface area (TPSA) is 89.6 Å². The second-order valence-electron chi connectivity index (χ2n) is 7.86. The van der Waals surface area contributed by atoms with E-state index < -0.39 is 5.91 Å². The first-order valence-electron chi connectivity index (χ1n) is 10.1. The normalized spacial score (nSPS) is 10.9. The van der Waals surface area contributed by atoms with Crippen LogP contribution in [0.1, 0.15) is 57.8 Å². The molecule has 0 unspecified atom stereocenters. The van der Waals surface area contributed by atoms with Gasteiger partial charge >= 0.3 is 0 Å². The van der Waals surface area contributed by atoms with Crippen molar-refractivity contribution in [2.24, 2.45) is 7.05 Å². The van der Waals surface area contributed by atoms with Crippen LogP contribution in [-0.2, 0) is 13.7 Å². The van der Waals surface area contributed by atoms with Gasteiger partial charge in [-0.1, -0.05) is 26.0 Å². The fourth-order valence-electron chi connectivity index (χ4n) is 2.98. The third-order valence-electron chi connectivity index (χ3n) is 4.99. The van der Waals surface area contributed by atoms with Crippen LogP contribution in [0, 0.1) is 6.92 Å². The zero-order valence-corrected chi connectivity index (χ0v) is 18.7. The van der Waals surface area contributed by atoms with E-state index in [1.165, 1.54) is 10.5 Å². The average Bonchev–Trinajstić information content (AvgIpc) is 3.32. The summed E-state index contributed by atoms with van der Waals surface area (Å²) in [5.41, 5.74) is 2.45. The fraction of sp³-hybridized carbons (Fsp3) is 0.348. The number of furan rings is 1. The number of aryl methyl sites for hydroxylation is 1. The highest BCUT2D eigenvalue weighted by Gasteiger charge is 2.24. The molecular formula is C23H28N4O4. The first kappa shape index (κ1) is 22.1. The van der Waals surface area contributed by atoms with Crippen LogP contribution in [0.2, 0.25) is 0 Å². The molecule has 1 N–H and O–H groups in total. The van der Waals surface area contributed by atoms with E-state index in [1.807, 2.05) is 24.3 Å². The maximum Gasteiger partial charge on any atom is 0.291 e. The number of aromatic nitrogens is 2. The number of ether oxygens (including phenoxy) is 1. The van der Waals surface area contributed by atoms with Gasteiger partial charge in [-0.05, 0) is 42.7 Å². The Balaban J connectivity index is 1.68. The van der Waals surface area contributed by atoms with Crippen molar-refractivity contribution in [1.29, 1.82) is 0 Å². The van der Waals surface area contributed by atoms with Crippen LogP contribution in [0.3, 0.4) is 0 Å². The van der Waals surface area contributed by atoms with Crippen LogP contribution < -0.4 is 10.1 Å². The average molecular weight is 425 g/mol. The molecule has 0 aliphatic rings. The Hall–Kier alpha value is -3.55. The fourth-order valence-corrected chi connectivity index (χ4v) is 2.98. The Kier molecular flexibility index (Phi) is 6.48. The van der Waals surface area contributed by atoms with E-state index in [0.29, 0.717) is 23.1 Å². The van der Waals surface area contributed by atoms with Gasteiger partial charge in [-0.25, -0.2) is 0 Å². The molecule has 0 aliphatic carbocycles. The van der Waals surface area contributed by atoms with Crippen molar-refractivity contribution < 1.29 is 18.7 Å². The maximum atomic E-state index is 12.7. The highest BCUT2D eigenvalue weighted by molar-refractivity contribution is 6.07. The molecule has 0 saturated heterocycles. The van der Waals surface area contributed by atoms with Gasteiger partial charge in [0.25, 0.3) is 11.8 Å². The minimum Gasteiger partial charge on any atom is -0.486 e. The minimum atomic E-state index is -0.462. The quantitative estimate of drug-likeness (QED) is 0.620. The van der Waals surface area contributed by atoms with Crippen molar-refractivity contribution in [2.75, 3.05) is 19.4 Å². The van der Waals surface area contributed by atoms with Gasteiger partial charge in [0.15, 0.2) is 11.5 Å². The predicted molar refractivity (Wildman–Crippen MR) is 117 cm³/mol. The molecule has 0 fully saturated rings. The Labute approximate surface area is 181 Å². The van der Waals surface area contributed by atoms with Crippen molar-refractivity contribution in [3.05, 3.63) is 64.9 Å². The lowest BCUT2D eigenvalue weighted by molar-refractivity contribution is 0.0822. The van der Waals surface area contributed by atoms with Crippen LogP contribution in [0.25, 0.3) is 0 Å². The molecule has 0 bridgehead atoms. The zero-order valence-electron chi connectivity index (χ0n) is 18.7. The summed E-state index contributed by atoms with van der Waals surface area (Å²) < 4.78 is 12.9. The van der Waals surface area contributed by atoms with E-state index in [0.717, 1.165) is 5.75 Å². The number of hydrogen-bond donors (Lipinski definition) is 1. The van der Waals surface area contributed by atoms with Gasteiger partial charge < -0.3 is 19.4 Å². The maximum absolute atomic E-state index is 12.7. The lowest BCUT2D eigenvalue weighted by Crippen LogP contribution is -2.24. The summed E-state index contributed by atoms with van der Waals surface area (Å²) in [7, 11) is 4.98. The number of nitrogens with zero attached hydrogens (tertiary/aromatic N) is 3. The molecule has 0 saturated carbocycles. The lowest BCUT2D eigenvalue weighted by Gasteiger charge is -2.10. The van der Waals surface area contributed by atoms with Gasteiger partial charge in [-0.3, -0.25) is 14.3 Å². The number of benzene rings is 1. The molecular weight excluding hydrogens is 396 g/mol. The van der Waals surface area contributed by atoms with E-state index in [2.05, 4.69) is 24.3 Å². The van der Waals surface area contributed by atoms with Crippen molar-refractivity contribution >= 4 is 17.5 Å². The Morgan fingerprint density at radius 1 is 1.16 bits per heavy atom. The number of carbonyl (C=O) groups is 2. The molecule has 2 aromatic heterocycles. The second kappa shape index (κ2) is 9.07. The number of anilines is 1. The second-order valence-corrected chi connectivity index (χ2v) is 7.86. The molecule has 8 heteroatoms. The summed E-state index contributed by atoms with van der Waals surface area (Å²) in [6.45, 7) is 6.25. The van der Waals surface area contributed by atoms with Crippen molar-refractivity contribution in [3.63, 3.8) is 0 Å². The molecule has 0 atom stereocenters. The van der Waals surface area contributed by atoms with Crippen molar-refractivity contribution in [1.82, 2.24) is 14.7 Å². The summed E-state index contributed by atoms with van der Waals surface area (Å²) >= 11 is 0. The van der Waals surface area contributed by atoms with Crippen molar-refractivity contribution in [2.45, 2.75) is 33.3 Å². The van der Waals surface area contributed by atoms with Crippen LogP contribution >= 0.6 is 0 Å². The predicted octanol–water partition coefficient (Wildman–Crippen LogP) is 3.98. The van der Waals surface area contributed by atoms with E-state index in [4.69, 9.17) is 9.15 Å². The van der Waals surface area contributed by atoms with Crippen LogP contribution in [-0.4, -0.2) is 40.6 Å². The van der Waals surface area contributed by atoms with E-state index >= 15 is 0 Å². The van der Waals surface area contributed by atoms with Gasteiger partial charge in [0.2, 0.25) is 0 Å². The highest BCUT2D eigenvalue weighted by Crippen LogP contribution is 2.23. The zero-order chi connectivity index (χ0) is 22.7. The Morgan fingerprint density at radius 3 is 2.45 bits per heavy atom. The first-order chi connectivity index (χ1) is 14.7. The third kappa shape index (κ3) is 4.96. The monoisotopic (exact) mass is 424 g/mol. The standard InChI is InChI=1S/C23H28N4O4/c1-14(2)16-7-9-17(10-8-16)30-13-18-11-12-19(31-18)22(28)24-20-15(3)27(6)25-21(20)23(29)26(4)5/h7-12,14H,13H2,1-6H3,(H,24,28). The highest BCUT2D eigenvalue weighted by atomic mass is 16.5. The first-order valence-corrected chi connectivity index (χ1v) is 10.1. The molecule has 8 nitrogen and oxygen atoms in total. The van der Waals surface area contributed by atoms with Gasteiger partial charge in [0, 0.05) is 21.1 Å². The molecule has 1 aromatic carbocycles.